The van der Waals surface area contributed by atoms with E-state index in [4.69, 9.17) is 39.8 Å². The van der Waals surface area contributed by atoms with Gasteiger partial charge in [-0.1, -0.05) is 23.2 Å². The normalized spacial score (nSPS) is 13.8. The van der Waals surface area contributed by atoms with Gasteiger partial charge in [-0.15, -0.1) is 0 Å². The third kappa shape index (κ3) is 6.19. The van der Waals surface area contributed by atoms with Gasteiger partial charge in [0.25, 0.3) is 5.69 Å². The molecule has 1 saturated heterocycles. The molecule has 8 nitrogen and oxygen atoms in total. The maximum absolute atomic E-state index is 12.3. The summed E-state index contributed by atoms with van der Waals surface area (Å²) in [6, 6.07) is 15.3. The third-order valence-electron chi connectivity index (χ3n) is 5.43. The molecular formula is C24H20Cl2N4O4S. The van der Waals surface area contributed by atoms with Crippen LogP contribution in [0.5, 0.6) is 0 Å². The minimum atomic E-state index is -0.479. The van der Waals surface area contributed by atoms with Crippen LogP contribution in [0, 0.1) is 10.1 Å². The quantitative estimate of drug-likeness (QED) is 0.204. The van der Waals surface area contributed by atoms with Crippen LogP contribution in [0.1, 0.15) is 5.76 Å². The van der Waals surface area contributed by atoms with Gasteiger partial charge in [-0.3, -0.25) is 20.2 Å². The number of piperazine rings is 1. The van der Waals surface area contributed by atoms with Crippen LogP contribution in [0.4, 0.5) is 11.4 Å². The maximum atomic E-state index is 12.3. The second-order valence-electron chi connectivity index (χ2n) is 7.70. The maximum Gasteiger partial charge on any atom is 0.271 e. The van der Waals surface area contributed by atoms with Gasteiger partial charge >= 0.3 is 0 Å². The number of anilines is 1. The Balaban J connectivity index is 1.28. The summed E-state index contributed by atoms with van der Waals surface area (Å²) in [5.41, 5.74) is 1.56. The number of nitro benzene ring substituents is 1. The highest BCUT2D eigenvalue weighted by Crippen LogP contribution is 2.30. The van der Waals surface area contributed by atoms with Gasteiger partial charge < -0.3 is 14.2 Å². The van der Waals surface area contributed by atoms with Crippen LogP contribution in [-0.4, -0.2) is 47.0 Å². The molecule has 2 aromatic carbocycles. The number of benzene rings is 2. The fraction of sp³-hybridized carbons (Fsp3) is 0.167. The van der Waals surface area contributed by atoms with E-state index in [0.29, 0.717) is 52.9 Å². The van der Waals surface area contributed by atoms with Crippen LogP contribution in [0.2, 0.25) is 10.0 Å². The molecule has 0 radical (unpaired) electrons. The standard InChI is InChI=1S/C24H20Cl2N4O4S/c25-17-3-1-16(2-4-17)22-9-6-19(34-22)7-10-23(31)27-24(35)29-13-11-28(12-14-29)21-8-5-18(30(32)33)15-20(21)26/h1-10,15H,11-14H2,(H,27,31,35)/b10-7+. The van der Waals surface area contributed by atoms with Gasteiger partial charge in [0.05, 0.1) is 15.6 Å². The van der Waals surface area contributed by atoms with Gasteiger partial charge in [-0.05, 0) is 60.8 Å². The lowest BCUT2D eigenvalue weighted by Gasteiger charge is -2.37. The molecule has 0 unspecified atom stereocenters. The molecule has 35 heavy (non-hydrogen) atoms. The Kier molecular flexibility index (Phi) is 7.70. The number of thiocarbonyl (C=S) groups is 1. The Morgan fingerprint density at radius 2 is 1.77 bits per heavy atom. The summed E-state index contributed by atoms with van der Waals surface area (Å²) >= 11 is 17.5. The second kappa shape index (κ2) is 10.9. The lowest BCUT2D eigenvalue weighted by Crippen LogP contribution is -2.52. The van der Waals surface area contributed by atoms with E-state index < -0.39 is 4.92 Å². The number of carbonyl (C=O) groups is 1. The molecule has 180 valence electrons. The molecule has 11 heteroatoms. The fourth-order valence-corrected chi connectivity index (χ4v) is 4.32. The number of nitro groups is 1. The number of rotatable bonds is 5. The van der Waals surface area contributed by atoms with E-state index in [2.05, 4.69) is 5.32 Å². The highest BCUT2D eigenvalue weighted by molar-refractivity contribution is 7.80. The van der Waals surface area contributed by atoms with E-state index in [-0.39, 0.29) is 11.6 Å². The molecule has 0 aliphatic carbocycles. The number of halogens is 2. The highest BCUT2D eigenvalue weighted by Gasteiger charge is 2.22. The van der Waals surface area contributed by atoms with Crippen molar-refractivity contribution in [2.45, 2.75) is 0 Å². The van der Waals surface area contributed by atoms with E-state index in [1.165, 1.54) is 18.2 Å². The van der Waals surface area contributed by atoms with Crippen molar-refractivity contribution >= 4 is 63.9 Å². The number of hydrogen-bond donors (Lipinski definition) is 1. The molecule has 2 heterocycles. The highest BCUT2D eigenvalue weighted by atomic mass is 35.5. The van der Waals surface area contributed by atoms with Gasteiger partial charge in [-0.2, -0.15) is 0 Å². The van der Waals surface area contributed by atoms with Crippen LogP contribution >= 0.6 is 35.4 Å². The third-order valence-corrected chi connectivity index (χ3v) is 6.35. The van der Waals surface area contributed by atoms with Crippen LogP contribution in [0.3, 0.4) is 0 Å². The number of amides is 1. The first-order valence-electron chi connectivity index (χ1n) is 10.6. The van der Waals surface area contributed by atoms with Crippen LogP contribution in [-0.2, 0) is 4.79 Å². The molecule has 1 N–H and O–H groups in total. The summed E-state index contributed by atoms with van der Waals surface area (Å²) in [4.78, 5) is 26.7. The van der Waals surface area contributed by atoms with E-state index in [9.17, 15) is 14.9 Å². The zero-order valence-electron chi connectivity index (χ0n) is 18.3. The number of furan rings is 1. The molecular weight excluding hydrogens is 511 g/mol. The summed E-state index contributed by atoms with van der Waals surface area (Å²) < 4.78 is 5.76. The number of nitrogens with one attached hydrogen (secondary N) is 1. The predicted molar refractivity (Wildman–Crippen MR) is 141 cm³/mol. The summed E-state index contributed by atoms with van der Waals surface area (Å²) in [5, 5.41) is 14.9. The lowest BCUT2D eigenvalue weighted by molar-refractivity contribution is -0.384. The molecule has 0 atom stereocenters. The topological polar surface area (TPSA) is 91.9 Å². The van der Waals surface area contributed by atoms with Gasteiger partial charge in [-0.25, -0.2) is 0 Å². The Labute approximate surface area is 216 Å². The van der Waals surface area contributed by atoms with Crippen molar-refractivity contribution in [3.05, 3.63) is 86.6 Å². The fourth-order valence-electron chi connectivity index (χ4n) is 3.61. The first kappa shape index (κ1) is 24.7. The molecule has 1 aliphatic rings. The van der Waals surface area contributed by atoms with Crippen LogP contribution in [0.25, 0.3) is 17.4 Å². The molecule has 1 amide bonds. The largest absolute Gasteiger partial charge is 0.457 e. The average Bonchev–Trinajstić information content (AvgIpc) is 3.32. The van der Waals surface area contributed by atoms with E-state index in [1.54, 1.807) is 30.3 Å². The van der Waals surface area contributed by atoms with E-state index in [1.807, 2.05) is 28.0 Å². The molecule has 0 bridgehead atoms. The van der Waals surface area contributed by atoms with Gasteiger partial charge in [0, 0.05) is 55.0 Å². The smallest absolute Gasteiger partial charge is 0.271 e. The number of nitrogens with zero attached hydrogens (tertiary/aromatic N) is 3. The zero-order valence-corrected chi connectivity index (χ0v) is 20.6. The van der Waals surface area contributed by atoms with E-state index >= 15 is 0 Å². The molecule has 1 aliphatic heterocycles. The summed E-state index contributed by atoms with van der Waals surface area (Å²) in [7, 11) is 0. The molecule has 1 fully saturated rings. The zero-order chi connectivity index (χ0) is 24.9. The molecule has 3 aromatic rings. The number of hydrogen-bond acceptors (Lipinski definition) is 6. The second-order valence-corrected chi connectivity index (χ2v) is 8.93. The monoisotopic (exact) mass is 530 g/mol. The Hall–Kier alpha value is -3.40. The van der Waals surface area contributed by atoms with Gasteiger partial charge in [0.15, 0.2) is 5.11 Å². The Morgan fingerprint density at radius 1 is 1.06 bits per heavy atom. The first-order chi connectivity index (χ1) is 16.8. The number of non-ortho nitro benzene ring substituents is 1. The first-order valence-corrected chi connectivity index (χ1v) is 11.8. The lowest BCUT2D eigenvalue weighted by atomic mass is 10.2. The van der Waals surface area contributed by atoms with E-state index in [0.717, 1.165) is 11.3 Å². The van der Waals surface area contributed by atoms with Crippen molar-refractivity contribution < 1.29 is 14.1 Å². The Bertz CT molecular complexity index is 1280. The molecule has 1 aromatic heterocycles. The molecule has 0 saturated carbocycles. The van der Waals surface area contributed by atoms with Crippen molar-refractivity contribution in [1.82, 2.24) is 10.2 Å². The predicted octanol–water partition coefficient (Wildman–Crippen LogP) is 5.40. The van der Waals surface area contributed by atoms with Crippen LogP contribution in [0.15, 0.2) is 65.1 Å². The van der Waals surface area contributed by atoms with Gasteiger partial charge in [0.2, 0.25) is 5.91 Å². The van der Waals surface area contributed by atoms with Crippen LogP contribution < -0.4 is 10.2 Å². The van der Waals surface area contributed by atoms with Crippen molar-refractivity contribution in [3.63, 3.8) is 0 Å². The summed E-state index contributed by atoms with van der Waals surface area (Å²) in [5.74, 6) is 0.841. The van der Waals surface area contributed by atoms with Crippen molar-refractivity contribution in [2.24, 2.45) is 0 Å². The van der Waals surface area contributed by atoms with Crippen molar-refractivity contribution in [2.75, 3.05) is 31.1 Å². The summed E-state index contributed by atoms with van der Waals surface area (Å²) in [6.07, 6.45) is 2.94. The SMILES string of the molecule is O=C(/C=C/c1ccc(-c2ccc(Cl)cc2)o1)NC(=S)N1CCN(c2ccc([N+](=O)[O-])cc2Cl)CC1. The minimum absolute atomic E-state index is 0.0508. The number of carbonyl (C=O) groups excluding carboxylic acids is 1. The van der Waals surface area contributed by atoms with Crippen molar-refractivity contribution in [1.29, 1.82) is 0 Å². The summed E-state index contributed by atoms with van der Waals surface area (Å²) in [6.45, 7) is 2.34. The Morgan fingerprint density at radius 3 is 2.43 bits per heavy atom. The molecule has 4 rings (SSSR count). The van der Waals surface area contributed by atoms with Crippen molar-refractivity contribution in [3.8, 4) is 11.3 Å². The minimum Gasteiger partial charge on any atom is -0.457 e. The van der Waals surface area contributed by atoms with Gasteiger partial charge in [0.1, 0.15) is 11.5 Å². The molecule has 0 spiro atoms. The average molecular weight is 531 g/mol.